The van der Waals surface area contributed by atoms with Crippen LogP contribution < -0.4 is 0 Å². The zero-order valence-electron chi connectivity index (χ0n) is 12.0. The number of likely N-dealkylation sites (tertiary alicyclic amines) is 1. The Hall–Kier alpha value is -1.39. The molecule has 2 rings (SSSR count). The summed E-state index contributed by atoms with van der Waals surface area (Å²) in [6, 6.07) is 10.3. The van der Waals surface area contributed by atoms with Gasteiger partial charge in [-0.25, -0.2) is 0 Å². The number of esters is 1. The fourth-order valence-electron chi connectivity index (χ4n) is 2.86. The molecule has 1 aromatic rings. The average molecular weight is 277 g/mol. The van der Waals surface area contributed by atoms with E-state index in [9.17, 15) is 9.90 Å². The van der Waals surface area contributed by atoms with E-state index in [1.165, 1.54) is 12.7 Å². The zero-order chi connectivity index (χ0) is 14.4. The number of carbonyl (C=O) groups excluding carboxylic acids is 1. The van der Waals surface area contributed by atoms with E-state index in [1.54, 1.807) is 0 Å². The van der Waals surface area contributed by atoms with Crippen LogP contribution in [-0.4, -0.2) is 41.8 Å². The standard InChI is InChI=1S/C16H23NO3/c1-20-16(19)11-15(18)14-9-5-6-10-17(14)12-13-7-3-2-4-8-13/h2-4,7-8,14-15,18H,5-6,9-12H2,1H3. The van der Waals surface area contributed by atoms with Gasteiger partial charge in [-0.05, 0) is 24.9 Å². The van der Waals surface area contributed by atoms with Crippen molar-refractivity contribution in [2.75, 3.05) is 13.7 Å². The highest BCUT2D eigenvalue weighted by Crippen LogP contribution is 2.23. The third kappa shape index (κ3) is 4.05. The van der Waals surface area contributed by atoms with Crippen LogP contribution in [-0.2, 0) is 16.1 Å². The SMILES string of the molecule is COC(=O)CC(O)C1CCCCN1Cc1ccccc1. The summed E-state index contributed by atoms with van der Waals surface area (Å²) in [7, 11) is 1.36. The van der Waals surface area contributed by atoms with Gasteiger partial charge >= 0.3 is 5.97 Å². The van der Waals surface area contributed by atoms with E-state index in [2.05, 4.69) is 21.8 Å². The van der Waals surface area contributed by atoms with Crippen LogP contribution in [0, 0.1) is 0 Å². The number of methoxy groups -OCH3 is 1. The maximum atomic E-state index is 11.3. The highest BCUT2D eigenvalue weighted by atomic mass is 16.5. The number of benzene rings is 1. The molecular formula is C16H23NO3. The first-order valence-corrected chi connectivity index (χ1v) is 7.23. The van der Waals surface area contributed by atoms with Gasteiger partial charge in [0.05, 0.1) is 19.6 Å². The average Bonchev–Trinajstić information content (AvgIpc) is 2.48. The monoisotopic (exact) mass is 277 g/mol. The Bertz CT molecular complexity index is 421. The Labute approximate surface area is 120 Å². The lowest BCUT2D eigenvalue weighted by Gasteiger charge is -2.38. The van der Waals surface area contributed by atoms with Crippen molar-refractivity contribution >= 4 is 5.97 Å². The van der Waals surface area contributed by atoms with Crippen molar-refractivity contribution in [2.45, 2.75) is 44.4 Å². The molecule has 4 heteroatoms. The summed E-state index contributed by atoms with van der Waals surface area (Å²) in [4.78, 5) is 13.6. The molecule has 4 nitrogen and oxygen atoms in total. The predicted molar refractivity (Wildman–Crippen MR) is 77.1 cm³/mol. The molecule has 1 fully saturated rings. The minimum atomic E-state index is -0.647. The number of hydrogen-bond acceptors (Lipinski definition) is 4. The molecule has 0 saturated carbocycles. The van der Waals surface area contributed by atoms with Crippen LogP contribution in [0.25, 0.3) is 0 Å². The molecule has 1 heterocycles. The fourth-order valence-corrected chi connectivity index (χ4v) is 2.86. The maximum absolute atomic E-state index is 11.3. The molecular weight excluding hydrogens is 254 g/mol. The minimum Gasteiger partial charge on any atom is -0.469 e. The quantitative estimate of drug-likeness (QED) is 0.836. The van der Waals surface area contributed by atoms with Gasteiger partial charge in [0.1, 0.15) is 0 Å². The van der Waals surface area contributed by atoms with Gasteiger partial charge in [0.2, 0.25) is 0 Å². The molecule has 110 valence electrons. The number of ether oxygens (including phenoxy) is 1. The van der Waals surface area contributed by atoms with Gasteiger partial charge in [0, 0.05) is 12.6 Å². The van der Waals surface area contributed by atoms with Gasteiger partial charge in [-0.3, -0.25) is 9.69 Å². The smallest absolute Gasteiger partial charge is 0.308 e. The van der Waals surface area contributed by atoms with Crippen LogP contribution in [0.4, 0.5) is 0 Å². The van der Waals surface area contributed by atoms with E-state index in [0.717, 1.165) is 32.4 Å². The summed E-state index contributed by atoms with van der Waals surface area (Å²) < 4.78 is 4.65. The summed E-state index contributed by atoms with van der Waals surface area (Å²) in [5, 5.41) is 10.3. The Balaban J connectivity index is 1.99. The number of rotatable bonds is 5. The zero-order valence-corrected chi connectivity index (χ0v) is 12.0. The molecule has 0 aromatic heterocycles. The molecule has 0 spiro atoms. The Morgan fingerprint density at radius 3 is 2.85 bits per heavy atom. The third-order valence-corrected chi connectivity index (χ3v) is 3.94. The van der Waals surface area contributed by atoms with Gasteiger partial charge in [0.25, 0.3) is 0 Å². The summed E-state index contributed by atoms with van der Waals surface area (Å²) >= 11 is 0. The summed E-state index contributed by atoms with van der Waals surface area (Å²) in [6.45, 7) is 1.79. The first-order valence-electron chi connectivity index (χ1n) is 7.23. The maximum Gasteiger partial charge on any atom is 0.308 e. The van der Waals surface area contributed by atoms with E-state index < -0.39 is 6.10 Å². The van der Waals surface area contributed by atoms with Crippen LogP contribution >= 0.6 is 0 Å². The van der Waals surface area contributed by atoms with Crippen LogP contribution in [0.3, 0.4) is 0 Å². The van der Waals surface area contributed by atoms with E-state index in [0.29, 0.717) is 0 Å². The molecule has 1 aliphatic heterocycles. The lowest BCUT2D eigenvalue weighted by molar-refractivity contribution is -0.144. The minimum absolute atomic E-state index is 0.0445. The predicted octanol–water partition coefficient (Wildman–Crippen LogP) is 1.97. The second-order valence-corrected chi connectivity index (χ2v) is 5.37. The van der Waals surface area contributed by atoms with E-state index in [1.807, 2.05) is 18.2 Å². The number of piperidine rings is 1. The first-order chi connectivity index (χ1) is 9.70. The summed E-state index contributed by atoms with van der Waals surface area (Å²) in [6.07, 6.45) is 2.62. The largest absolute Gasteiger partial charge is 0.469 e. The number of aliphatic hydroxyl groups excluding tert-OH is 1. The van der Waals surface area contributed by atoms with Crippen LogP contribution in [0.1, 0.15) is 31.2 Å². The molecule has 2 unspecified atom stereocenters. The molecule has 2 atom stereocenters. The molecule has 0 aliphatic carbocycles. The molecule has 1 saturated heterocycles. The van der Waals surface area contributed by atoms with Crippen LogP contribution in [0.15, 0.2) is 30.3 Å². The molecule has 0 radical (unpaired) electrons. The van der Waals surface area contributed by atoms with E-state index >= 15 is 0 Å². The lowest BCUT2D eigenvalue weighted by Crippen LogP contribution is -2.47. The molecule has 0 amide bonds. The van der Waals surface area contributed by atoms with Gasteiger partial charge in [0.15, 0.2) is 0 Å². The molecule has 20 heavy (non-hydrogen) atoms. The highest BCUT2D eigenvalue weighted by molar-refractivity contribution is 5.69. The van der Waals surface area contributed by atoms with Gasteiger partial charge in [-0.15, -0.1) is 0 Å². The third-order valence-electron chi connectivity index (χ3n) is 3.94. The fraction of sp³-hybridized carbons (Fsp3) is 0.562. The van der Waals surface area contributed by atoms with Crippen molar-refractivity contribution in [3.8, 4) is 0 Å². The van der Waals surface area contributed by atoms with Crippen molar-refractivity contribution < 1.29 is 14.6 Å². The topological polar surface area (TPSA) is 49.8 Å². The van der Waals surface area contributed by atoms with Gasteiger partial charge in [-0.2, -0.15) is 0 Å². The second kappa shape index (κ2) is 7.41. The Morgan fingerprint density at radius 2 is 2.15 bits per heavy atom. The summed E-state index contributed by atoms with van der Waals surface area (Å²) in [5.41, 5.74) is 1.24. The summed E-state index contributed by atoms with van der Waals surface area (Å²) in [5.74, 6) is -0.345. The van der Waals surface area contributed by atoms with Crippen molar-refractivity contribution in [1.82, 2.24) is 4.90 Å². The number of carbonyl (C=O) groups is 1. The lowest BCUT2D eigenvalue weighted by atomic mass is 9.95. The molecule has 1 aromatic carbocycles. The normalized spacial score (nSPS) is 21.4. The molecule has 1 N–H and O–H groups in total. The first kappa shape index (κ1) is 15.0. The second-order valence-electron chi connectivity index (χ2n) is 5.37. The van der Waals surface area contributed by atoms with Crippen molar-refractivity contribution in [1.29, 1.82) is 0 Å². The molecule has 1 aliphatic rings. The van der Waals surface area contributed by atoms with Crippen molar-refractivity contribution in [3.05, 3.63) is 35.9 Å². The van der Waals surface area contributed by atoms with Gasteiger partial charge < -0.3 is 9.84 Å². The van der Waals surface area contributed by atoms with Crippen molar-refractivity contribution in [3.63, 3.8) is 0 Å². The van der Waals surface area contributed by atoms with E-state index in [4.69, 9.17) is 0 Å². The van der Waals surface area contributed by atoms with Crippen LogP contribution in [0.5, 0.6) is 0 Å². The number of nitrogens with zero attached hydrogens (tertiary/aromatic N) is 1. The number of hydrogen-bond donors (Lipinski definition) is 1. The van der Waals surface area contributed by atoms with E-state index in [-0.39, 0.29) is 18.4 Å². The Kier molecular flexibility index (Phi) is 5.56. The number of aliphatic hydroxyl groups is 1. The highest BCUT2D eigenvalue weighted by Gasteiger charge is 2.30. The molecule has 0 bridgehead atoms. The van der Waals surface area contributed by atoms with Gasteiger partial charge in [-0.1, -0.05) is 36.8 Å². The van der Waals surface area contributed by atoms with Crippen LogP contribution in [0.2, 0.25) is 0 Å². The van der Waals surface area contributed by atoms with Crippen molar-refractivity contribution in [2.24, 2.45) is 0 Å². The Morgan fingerprint density at radius 1 is 1.40 bits per heavy atom.